The van der Waals surface area contributed by atoms with Crippen LogP contribution in [-0.2, 0) is 4.74 Å². The summed E-state index contributed by atoms with van der Waals surface area (Å²) >= 11 is 12.8. The molecule has 0 bridgehead atoms. The van der Waals surface area contributed by atoms with Crippen LogP contribution in [0.3, 0.4) is 0 Å². The number of rotatable bonds is 6. The quantitative estimate of drug-likeness (QED) is 0.457. The molecule has 142 valence electrons. The molecule has 0 fully saturated rings. The van der Waals surface area contributed by atoms with Gasteiger partial charge in [0.2, 0.25) is 0 Å². The maximum Gasteiger partial charge on any atom is 0.119 e. The Hall–Kier alpha value is -1.68. The summed E-state index contributed by atoms with van der Waals surface area (Å²) in [7, 11) is 0. The lowest BCUT2D eigenvalue weighted by Gasteiger charge is -2.38. The average Bonchev–Trinajstić information content (AvgIpc) is 3.17. The third-order valence-electron chi connectivity index (χ3n) is 5.35. The SMILES string of the molecule is CCOCCOc1ccc2c(c1)C1C=CCC1C(c1cccc(Cl)c1Cl)N2. The minimum atomic E-state index is 0.133. The van der Waals surface area contributed by atoms with Crippen LogP contribution in [-0.4, -0.2) is 19.8 Å². The highest BCUT2D eigenvalue weighted by atomic mass is 35.5. The summed E-state index contributed by atoms with van der Waals surface area (Å²) in [5.74, 6) is 1.64. The zero-order valence-electron chi connectivity index (χ0n) is 15.3. The van der Waals surface area contributed by atoms with Gasteiger partial charge in [-0.15, -0.1) is 0 Å². The van der Waals surface area contributed by atoms with Crippen LogP contribution in [0.1, 0.15) is 36.4 Å². The van der Waals surface area contributed by atoms with Gasteiger partial charge >= 0.3 is 0 Å². The van der Waals surface area contributed by atoms with E-state index in [-0.39, 0.29) is 6.04 Å². The van der Waals surface area contributed by atoms with Crippen molar-refractivity contribution in [2.45, 2.75) is 25.3 Å². The van der Waals surface area contributed by atoms with Crippen molar-refractivity contribution < 1.29 is 9.47 Å². The highest BCUT2D eigenvalue weighted by molar-refractivity contribution is 6.42. The number of hydrogen-bond acceptors (Lipinski definition) is 3. The molecule has 5 heteroatoms. The van der Waals surface area contributed by atoms with Gasteiger partial charge in [-0.05, 0) is 54.7 Å². The lowest BCUT2D eigenvalue weighted by Crippen LogP contribution is -2.29. The standard InChI is InChI=1S/C22H23Cl2NO2/c1-2-26-11-12-27-14-9-10-20-18(13-14)15-5-3-6-16(15)22(25-20)17-7-4-8-19(23)21(17)24/h3-5,7-10,13,15-16,22,25H,2,6,11-12H2,1H3. The lowest BCUT2D eigenvalue weighted by molar-refractivity contribution is 0.110. The number of hydrogen-bond donors (Lipinski definition) is 1. The van der Waals surface area contributed by atoms with Crippen LogP contribution >= 0.6 is 23.2 Å². The molecule has 3 unspecified atom stereocenters. The fourth-order valence-electron chi connectivity index (χ4n) is 4.09. The van der Waals surface area contributed by atoms with Gasteiger partial charge in [0.25, 0.3) is 0 Å². The van der Waals surface area contributed by atoms with E-state index in [2.05, 4.69) is 35.7 Å². The molecule has 0 saturated heterocycles. The highest BCUT2D eigenvalue weighted by Crippen LogP contribution is 2.51. The molecular weight excluding hydrogens is 381 g/mol. The Kier molecular flexibility index (Phi) is 5.63. The molecule has 0 saturated carbocycles. The van der Waals surface area contributed by atoms with Gasteiger partial charge in [-0.25, -0.2) is 0 Å². The Bertz CT molecular complexity index is 852. The fourth-order valence-corrected chi connectivity index (χ4v) is 4.52. The Labute approximate surface area is 170 Å². The van der Waals surface area contributed by atoms with Crippen molar-refractivity contribution in [3.05, 3.63) is 69.7 Å². The predicted octanol–water partition coefficient (Wildman–Crippen LogP) is 6.24. The number of nitrogens with one attached hydrogen (secondary N) is 1. The third kappa shape index (κ3) is 3.69. The zero-order chi connectivity index (χ0) is 18.8. The molecule has 2 aliphatic rings. The van der Waals surface area contributed by atoms with Crippen molar-refractivity contribution in [1.29, 1.82) is 0 Å². The van der Waals surface area contributed by atoms with Gasteiger partial charge < -0.3 is 14.8 Å². The van der Waals surface area contributed by atoms with E-state index < -0.39 is 0 Å². The Balaban J connectivity index is 1.61. The average molecular weight is 404 g/mol. The van der Waals surface area contributed by atoms with Crippen LogP contribution in [0.4, 0.5) is 5.69 Å². The van der Waals surface area contributed by atoms with E-state index in [4.69, 9.17) is 32.7 Å². The smallest absolute Gasteiger partial charge is 0.119 e. The maximum atomic E-state index is 6.53. The second-order valence-electron chi connectivity index (χ2n) is 6.91. The predicted molar refractivity (Wildman–Crippen MR) is 111 cm³/mol. The fraction of sp³-hybridized carbons (Fsp3) is 0.364. The highest BCUT2D eigenvalue weighted by Gasteiger charge is 2.39. The molecule has 0 spiro atoms. The first-order valence-electron chi connectivity index (χ1n) is 9.40. The summed E-state index contributed by atoms with van der Waals surface area (Å²) in [5, 5.41) is 4.93. The Morgan fingerprint density at radius 2 is 2.00 bits per heavy atom. The first-order valence-corrected chi connectivity index (χ1v) is 10.2. The van der Waals surface area contributed by atoms with E-state index in [1.54, 1.807) is 0 Å². The first kappa shape index (κ1) is 18.7. The Morgan fingerprint density at radius 3 is 2.85 bits per heavy atom. The minimum Gasteiger partial charge on any atom is -0.491 e. The summed E-state index contributed by atoms with van der Waals surface area (Å²) in [4.78, 5) is 0. The molecule has 1 N–H and O–H groups in total. The van der Waals surface area contributed by atoms with Crippen LogP contribution < -0.4 is 10.1 Å². The molecule has 4 rings (SSSR count). The van der Waals surface area contributed by atoms with E-state index >= 15 is 0 Å². The molecule has 0 amide bonds. The number of ether oxygens (including phenoxy) is 2. The van der Waals surface area contributed by atoms with Crippen LogP contribution in [0.5, 0.6) is 5.75 Å². The second kappa shape index (κ2) is 8.14. The van der Waals surface area contributed by atoms with E-state index in [1.807, 2.05) is 25.1 Å². The molecule has 27 heavy (non-hydrogen) atoms. The largest absolute Gasteiger partial charge is 0.491 e. The zero-order valence-corrected chi connectivity index (χ0v) is 16.8. The third-order valence-corrected chi connectivity index (χ3v) is 6.18. The lowest BCUT2D eigenvalue weighted by atomic mass is 9.77. The molecular formula is C22H23Cl2NO2. The number of fused-ring (bicyclic) bond motifs is 3. The molecule has 2 aromatic carbocycles. The van der Waals surface area contributed by atoms with Crippen LogP contribution in [0.15, 0.2) is 48.6 Å². The number of benzene rings is 2. The van der Waals surface area contributed by atoms with Gasteiger partial charge in [0.1, 0.15) is 12.4 Å². The topological polar surface area (TPSA) is 30.5 Å². The van der Waals surface area contributed by atoms with Gasteiger partial charge in [-0.2, -0.15) is 0 Å². The number of anilines is 1. The van der Waals surface area contributed by atoms with E-state index in [0.29, 0.717) is 41.7 Å². The Morgan fingerprint density at radius 1 is 1.11 bits per heavy atom. The van der Waals surface area contributed by atoms with Gasteiger partial charge in [0, 0.05) is 18.2 Å². The minimum absolute atomic E-state index is 0.133. The normalized spacial score (nSPS) is 22.9. The van der Waals surface area contributed by atoms with Gasteiger partial charge in [0.15, 0.2) is 0 Å². The molecule has 3 nitrogen and oxygen atoms in total. The monoisotopic (exact) mass is 403 g/mol. The number of halogens is 2. The van der Waals surface area contributed by atoms with Crippen LogP contribution in [0.2, 0.25) is 10.0 Å². The summed E-state index contributed by atoms with van der Waals surface area (Å²) in [6, 6.07) is 12.3. The molecule has 1 aliphatic heterocycles. The van der Waals surface area contributed by atoms with Crippen molar-refractivity contribution in [3.8, 4) is 5.75 Å². The molecule has 0 aromatic heterocycles. The van der Waals surface area contributed by atoms with Crippen LogP contribution in [0, 0.1) is 5.92 Å². The van der Waals surface area contributed by atoms with Crippen molar-refractivity contribution in [3.63, 3.8) is 0 Å². The molecule has 0 radical (unpaired) electrons. The summed E-state index contributed by atoms with van der Waals surface area (Å²) in [5.41, 5.74) is 3.46. The van der Waals surface area contributed by atoms with E-state index in [0.717, 1.165) is 23.4 Å². The van der Waals surface area contributed by atoms with Crippen molar-refractivity contribution >= 4 is 28.9 Å². The molecule has 2 aromatic rings. The van der Waals surface area contributed by atoms with E-state index in [9.17, 15) is 0 Å². The summed E-state index contributed by atoms with van der Waals surface area (Å²) in [6.07, 6.45) is 5.58. The van der Waals surface area contributed by atoms with Crippen LogP contribution in [0.25, 0.3) is 0 Å². The van der Waals surface area contributed by atoms with E-state index in [1.165, 1.54) is 5.56 Å². The molecule has 1 heterocycles. The van der Waals surface area contributed by atoms with Crippen molar-refractivity contribution in [2.75, 3.05) is 25.1 Å². The van der Waals surface area contributed by atoms with Gasteiger partial charge in [0.05, 0.1) is 22.7 Å². The summed E-state index contributed by atoms with van der Waals surface area (Å²) in [6.45, 7) is 3.86. The first-order chi connectivity index (χ1) is 13.2. The second-order valence-corrected chi connectivity index (χ2v) is 7.70. The number of allylic oxidation sites excluding steroid dienone is 2. The van der Waals surface area contributed by atoms with Gasteiger partial charge in [-0.1, -0.05) is 47.5 Å². The molecule has 3 atom stereocenters. The van der Waals surface area contributed by atoms with Gasteiger partial charge in [-0.3, -0.25) is 0 Å². The van der Waals surface area contributed by atoms with Crippen molar-refractivity contribution in [1.82, 2.24) is 0 Å². The summed E-state index contributed by atoms with van der Waals surface area (Å²) < 4.78 is 11.2. The maximum absolute atomic E-state index is 6.53. The molecule has 1 aliphatic carbocycles. The van der Waals surface area contributed by atoms with Crippen molar-refractivity contribution in [2.24, 2.45) is 5.92 Å².